The van der Waals surface area contributed by atoms with Gasteiger partial charge >= 0.3 is 18.1 Å². The quantitative estimate of drug-likeness (QED) is 0.316. The molecule has 3 heterocycles. The normalized spacial score (nSPS) is 15.3. The molecule has 0 atom stereocenters. The molecule has 1 fully saturated rings. The molecule has 218 valence electrons. The number of esters is 1. The van der Waals surface area contributed by atoms with Crippen LogP contribution in [0.2, 0.25) is 5.02 Å². The minimum absolute atomic E-state index is 0.00931. The van der Waals surface area contributed by atoms with Crippen LogP contribution in [0.15, 0.2) is 34.5 Å². The largest absolute Gasteiger partial charge is 0.490 e. The lowest BCUT2D eigenvalue weighted by Crippen LogP contribution is -2.33. The Hall–Kier alpha value is -4.34. The van der Waals surface area contributed by atoms with Crippen molar-refractivity contribution in [1.82, 2.24) is 9.55 Å². The summed E-state index contributed by atoms with van der Waals surface area (Å²) < 4.78 is 100. The van der Waals surface area contributed by atoms with Gasteiger partial charge in [-0.25, -0.2) is 32.1 Å². The van der Waals surface area contributed by atoms with E-state index in [2.05, 4.69) is 9.72 Å². The van der Waals surface area contributed by atoms with Gasteiger partial charge in [0.1, 0.15) is 23.8 Å². The Morgan fingerprint density at radius 3 is 2.46 bits per heavy atom. The average molecular weight is 609 g/mol. The van der Waals surface area contributed by atoms with Crippen LogP contribution in [0.1, 0.15) is 23.2 Å². The monoisotopic (exact) mass is 608 g/mol. The number of alkyl halides is 3. The van der Waals surface area contributed by atoms with Gasteiger partial charge < -0.3 is 20.5 Å². The Kier molecular flexibility index (Phi) is 7.89. The van der Waals surface area contributed by atoms with Crippen molar-refractivity contribution < 1.29 is 50.2 Å². The molecule has 0 spiro atoms. The van der Waals surface area contributed by atoms with Crippen LogP contribution in [0.5, 0.6) is 0 Å². The number of carboxylic acids is 1. The Morgan fingerprint density at radius 1 is 1.15 bits per heavy atom. The number of rotatable bonds is 5. The van der Waals surface area contributed by atoms with Crippen LogP contribution >= 0.6 is 11.6 Å². The Bertz CT molecular complexity index is 1690. The van der Waals surface area contributed by atoms with E-state index in [0.717, 1.165) is 0 Å². The molecular formula is C24H16ClF7N4O5. The van der Waals surface area contributed by atoms with Gasteiger partial charge in [0.05, 0.1) is 21.6 Å². The molecule has 0 unspecified atom stereocenters. The fraction of sp³-hybridized carbons (Fsp3) is 0.250. The van der Waals surface area contributed by atoms with Crippen molar-refractivity contribution in [2.24, 2.45) is 0 Å². The number of hydrogen-bond donors (Lipinski definition) is 2. The van der Waals surface area contributed by atoms with Crippen molar-refractivity contribution in [2.45, 2.75) is 19.0 Å². The number of benzene rings is 1. The topological polar surface area (TPSA) is 128 Å². The second-order valence-electron chi connectivity index (χ2n) is 8.73. The molecule has 3 aromatic rings. The third kappa shape index (κ3) is 5.64. The van der Waals surface area contributed by atoms with Crippen LogP contribution < -0.4 is 16.1 Å². The van der Waals surface area contributed by atoms with Crippen molar-refractivity contribution in [3.8, 4) is 5.82 Å². The molecule has 0 radical (unpaired) electrons. The number of carboxylic acid groups (broad SMARTS) is 1. The van der Waals surface area contributed by atoms with Gasteiger partial charge in [0.25, 0.3) is 0 Å². The fourth-order valence-electron chi connectivity index (χ4n) is 4.25. The van der Waals surface area contributed by atoms with Crippen LogP contribution in [-0.2, 0) is 9.53 Å². The minimum atomic E-state index is -5.34. The van der Waals surface area contributed by atoms with Gasteiger partial charge in [-0.1, -0.05) is 11.6 Å². The molecule has 4 rings (SSSR count). The molecule has 9 nitrogen and oxygen atoms in total. The van der Waals surface area contributed by atoms with E-state index in [9.17, 15) is 45.8 Å². The lowest BCUT2D eigenvalue weighted by Gasteiger charge is -2.32. The second kappa shape index (κ2) is 10.9. The summed E-state index contributed by atoms with van der Waals surface area (Å²) in [6.45, 7) is -1.75. The number of nitrogens with two attached hydrogens (primary N) is 1. The van der Waals surface area contributed by atoms with E-state index >= 15 is 4.39 Å². The number of pyridine rings is 2. The first kappa shape index (κ1) is 29.6. The van der Waals surface area contributed by atoms with Gasteiger partial charge in [0.2, 0.25) is 5.43 Å². The first-order valence-corrected chi connectivity index (χ1v) is 11.8. The highest BCUT2D eigenvalue weighted by Gasteiger charge is 2.41. The van der Waals surface area contributed by atoms with E-state index in [0.29, 0.717) is 22.9 Å². The van der Waals surface area contributed by atoms with E-state index in [1.54, 1.807) is 0 Å². The number of aromatic nitrogens is 2. The summed E-state index contributed by atoms with van der Waals surface area (Å²) in [5.41, 5.74) is 2.24. The van der Waals surface area contributed by atoms with Crippen molar-refractivity contribution >= 4 is 45.9 Å². The SMILES string of the molecule is Nc1nc(-n2cc(C(=O)O)c(=O)c3cc(F)c(N4CCCC(=C(F)COC(=O)C(F)(F)F)C4)c(Cl)c32)c(F)cc1F. The van der Waals surface area contributed by atoms with Crippen LogP contribution in [0.25, 0.3) is 16.7 Å². The molecule has 1 aliphatic rings. The van der Waals surface area contributed by atoms with Crippen molar-refractivity contribution in [3.05, 3.63) is 68.0 Å². The predicted octanol–water partition coefficient (Wildman–Crippen LogP) is 4.67. The van der Waals surface area contributed by atoms with Crippen LogP contribution in [0.4, 0.5) is 42.2 Å². The predicted molar refractivity (Wildman–Crippen MR) is 130 cm³/mol. The van der Waals surface area contributed by atoms with Gasteiger partial charge in [-0.05, 0) is 24.5 Å². The molecule has 1 aliphatic heterocycles. The molecule has 17 heteroatoms. The average Bonchev–Trinajstić information content (AvgIpc) is 2.89. The molecule has 2 aromatic heterocycles. The third-order valence-corrected chi connectivity index (χ3v) is 6.46. The molecule has 41 heavy (non-hydrogen) atoms. The summed E-state index contributed by atoms with van der Waals surface area (Å²) in [5.74, 6) is -10.9. The standard InChI is InChI=1S/C24H16ClF7N4O5/c25-16-17-10(19(37)11(22(38)39)7-36(17)21-14(28)5-13(27)20(33)34-21)4-12(26)18(16)35-3-1-2-9(6-35)15(29)8-41-23(40)24(30,31)32/h4-5,7H,1-3,6,8H2,(H2,33,34)(H,38,39). The highest BCUT2D eigenvalue weighted by molar-refractivity contribution is 6.38. The minimum Gasteiger partial charge on any atom is -0.477 e. The van der Waals surface area contributed by atoms with Crippen molar-refractivity contribution in [2.75, 3.05) is 30.3 Å². The summed E-state index contributed by atoms with van der Waals surface area (Å²) in [6, 6.07) is 0.961. The molecule has 1 aromatic carbocycles. The number of anilines is 2. The fourth-order valence-corrected chi connectivity index (χ4v) is 4.65. The summed E-state index contributed by atoms with van der Waals surface area (Å²) in [7, 11) is 0. The summed E-state index contributed by atoms with van der Waals surface area (Å²) in [4.78, 5) is 40.2. The number of halogens is 8. The zero-order chi connectivity index (χ0) is 30.4. The van der Waals surface area contributed by atoms with Gasteiger partial charge in [-0.3, -0.25) is 9.36 Å². The highest BCUT2D eigenvalue weighted by Crippen LogP contribution is 2.39. The van der Waals surface area contributed by atoms with Crippen LogP contribution in [0, 0.1) is 17.5 Å². The Labute approximate surface area is 229 Å². The number of hydrogen-bond acceptors (Lipinski definition) is 7. The van der Waals surface area contributed by atoms with Crippen LogP contribution in [-0.4, -0.2) is 52.5 Å². The number of fused-ring (bicyclic) bond motifs is 1. The Balaban J connectivity index is 1.87. The zero-order valence-electron chi connectivity index (χ0n) is 20.3. The first-order valence-electron chi connectivity index (χ1n) is 11.4. The van der Waals surface area contributed by atoms with E-state index in [-0.39, 0.29) is 25.0 Å². The van der Waals surface area contributed by atoms with E-state index < -0.39 is 98.8 Å². The van der Waals surface area contributed by atoms with E-state index in [1.165, 1.54) is 4.90 Å². The van der Waals surface area contributed by atoms with Gasteiger partial charge in [-0.15, -0.1) is 0 Å². The molecule has 0 aliphatic carbocycles. The number of nitrogens with zero attached hydrogens (tertiary/aromatic N) is 3. The lowest BCUT2D eigenvalue weighted by molar-refractivity contribution is -0.199. The highest BCUT2D eigenvalue weighted by atomic mass is 35.5. The van der Waals surface area contributed by atoms with E-state index in [4.69, 9.17) is 17.3 Å². The van der Waals surface area contributed by atoms with Gasteiger partial charge in [-0.2, -0.15) is 13.2 Å². The first-order chi connectivity index (χ1) is 19.1. The Morgan fingerprint density at radius 2 is 1.83 bits per heavy atom. The van der Waals surface area contributed by atoms with E-state index in [1.807, 2.05) is 0 Å². The summed E-state index contributed by atoms with van der Waals surface area (Å²) in [5, 5.41) is 8.28. The smallest absolute Gasteiger partial charge is 0.477 e. The third-order valence-electron chi connectivity index (χ3n) is 6.10. The molecule has 1 saturated heterocycles. The molecular weight excluding hydrogens is 593 g/mol. The zero-order valence-corrected chi connectivity index (χ0v) is 21.0. The summed E-state index contributed by atoms with van der Waals surface area (Å²) in [6.07, 6.45) is -4.56. The summed E-state index contributed by atoms with van der Waals surface area (Å²) >= 11 is 6.49. The number of aromatic carboxylic acids is 1. The molecule has 3 N–H and O–H groups in total. The van der Waals surface area contributed by atoms with Crippen molar-refractivity contribution in [3.63, 3.8) is 0 Å². The maximum Gasteiger partial charge on any atom is 0.490 e. The van der Waals surface area contributed by atoms with Gasteiger partial charge in [0, 0.05) is 25.4 Å². The number of carbonyl (C=O) groups excluding carboxylic acids is 1. The molecule has 0 saturated carbocycles. The number of carbonyl (C=O) groups is 2. The van der Waals surface area contributed by atoms with Crippen LogP contribution in [0.3, 0.4) is 0 Å². The number of nitrogen functional groups attached to an aromatic ring is 1. The lowest BCUT2D eigenvalue weighted by atomic mass is 10.0. The van der Waals surface area contributed by atoms with Gasteiger partial charge in [0.15, 0.2) is 23.3 Å². The maximum atomic E-state index is 15.4. The number of ether oxygens (including phenoxy) is 1. The second-order valence-corrected chi connectivity index (χ2v) is 9.11. The molecule has 0 amide bonds. The van der Waals surface area contributed by atoms with Crippen molar-refractivity contribution in [1.29, 1.82) is 0 Å². The maximum absolute atomic E-state index is 15.4. The molecule has 0 bridgehead atoms. The number of piperidine rings is 1.